The Bertz CT molecular complexity index is 1230. The molecule has 1 fully saturated rings. The third kappa shape index (κ3) is 3.28. The number of aromatic nitrogens is 3. The summed E-state index contributed by atoms with van der Waals surface area (Å²) in [6.07, 6.45) is -5.13. The number of benzene rings is 1. The lowest BCUT2D eigenvalue weighted by Crippen LogP contribution is -2.41. The van der Waals surface area contributed by atoms with Crippen LogP contribution < -0.4 is 16.8 Å². The van der Waals surface area contributed by atoms with Crippen molar-refractivity contribution in [3.8, 4) is 0 Å². The van der Waals surface area contributed by atoms with Crippen molar-refractivity contribution in [2.75, 3.05) is 11.9 Å². The number of aliphatic hydroxyl groups excluding tert-OH is 2. The highest BCUT2D eigenvalue weighted by Gasteiger charge is 2.59. The zero-order chi connectivity index (χ0) is 21.6. The summed E-state index contributed by atoms with van der Waals surface area (Å²) in [5.41, 5.74) is -0.544. The Morgan fingerprint density at radius 3 is 2.77 bits per heavy atom. The molecule has 0 aliphatic carbocycles. The lowest BCUT2D eigenvalue weighted by Gasteiger charge is -2.21. The number of nitrogens with one attached hydrogen (secondary N) is 2. The minimum Gasteiger partial charge on any atom is -0.408 e. The minimum absolute atomic E-state index is 0.0933. The van der Waals surface area contributed by atoms with Crippen LogP contribution in [0.1, 0.15) is 16.6 Å². The number of nitrogens with zero attached hydrogens (tertiary/aromatic N) is 2. The maximum Gasteiger partial charge on any atom is 0.417 e. The van der Waals surface area contributed by atoms with Gasteiger partial charge < -0.3 is 24.7 Å². The molecule has 4 N–H and O–H groups in total. The molecule has 0 radical (unpaired) electrons. The number of fused-ring (bicyclic) bond motifs is 1. The molecule has 1 aliphatic heterocycles. The molecule has 2 aromatic heterocycles. The third-order valence-corrected chi connectivity index (χ3v) is 4.57. The lowest BCUT2D eigenvalue weighted by atomic mass is 10.1. The van der Waals surface area contributed by atoms with Crippen molar-refractivity contribution in [3.63, 3.8) is 0 Å². The summed E-state index contributed by atoms with van der Waals surface area (Å²) in [5, 5.41) is 20.9. The van der Waals surface area contributed by atoms with Gasteiger partial charge in [0.2, 0.25) is 6.23 Å². The van der Waals surface area contributed by atoms with Gasteiger partial charge in [0.05, 0.1) is 12.1 Å². The number of rotatable bonds is 4. The van der Waals surface area contributed by atoms with Gasteiger partial charge in [-0.15, -0.1) is 0 Å². The summed E-state index contributed by atoms with van der Waals surface area (Å²) in [6, 6.07) is 5.23. The van der Waals surface area contributed by atoms with E-state index in [1.165, 1.54) is 18.2 Å². The van der Waals surface area contributed by atoms with E-state index in [-0.39, 0.29) is 17.0 Å². The molecule has 11 nitrogen and oxygen atoms in total. The van der Waals surface area contributed by atoms with Crippen molar-refractivity contribution in [3.05, 3.63) is 57.1 Å². The Hall–Kier alpha value is -3.42. The van der Waals surface area contributed by atoms with Crippen LogP contribution >= 0.6 is 0 Å². The molecule has 158 valence electrons. The number of ether oxygens (including phenoxy) is 1. The van der Waals surface area contributed by atoms with E-state index in [2.05, 4.69) is 15.3 Å². The second-order valence-electron chi connectivity index (χ2n) is 6.51. The van der Waals surface area contributed by atoms with E-state index in [4.69, 9.17) is 14.3 Å². The Morgan fingerprint density at radius 1 is 1.33 bits per heavy atom. The number of aromatic amines is 1. The summed E-state index contributed by atoms with van der Waals surface area (Å²) in [5.74, 6) is -5.45. The fourth-order valence-electron chi connectivity index (χ4n) is 3.05. The molecule has 0 bridgehead atoms. The van der Waals surface area contributed by atoms with Gasteiger partial charge in [0.15, 0.2) is 11.7 Å². The number of aliphatic hydroxyl groups is 2. The Kier molecular flexibility index (Phi) is 4.72. The van der Waals surface area contributed by atoms with Crippen LogP contribution in [-0.4, -0.2) is 55.4 Å². The molecule has 0 saturated carbocycles. The van der Waals surface area contributed by atoms with Gasteiger partial charge in [0.25, 0.3) is 5.91 Å². The molecule has 1 unspecified atom stereocenters. The van der Waals surface area contributed by atoms with E-state index in [0.717, 1.165) is 12.3 Å². The highest BCUT2D eigenvalue weighted by Crippen LogP contribution is 2.41. The van der Waals surface area contributed by atoms with E-state index in [1.54, 1.807) is 0 Å². The van der Waals surface area contributed by atoms with Crippen LogP contribution in [0.3, 0.4) is 0 Å². The van der Waals surface area contributed by atoms with Gasteiger partial charge in [-0.3, -0.25) is 14.3 Å². The van der Waals surface area contributed by atoms with E-state index in [0.29, 0.717) is 10.1 Å². The number of H-pyrrole nitrogens is 1. The predicted molar refractivity (Wildman–Crippen MR) is 95.2 cm³/mol. The smallest absolute Gasteiger partial charge is 0.408 e. The maximum atomic E-state index is 14.2. The average Bonchev–Trinajstić information content (AvgIpc) is 3.18. The standard InChI is InChI=1S/C17H14F2N4O7/c18-17(19)12(25)10(6-24)29-14(17)23-4-3-11(22-15(23)27)21-13(26)7-1-2-8-9(5-7)30-16(28)20-8/h1-5,10,12,14,24-25H,6H2,(H,20,28)(H,21,22,26,27)/t10-,12-,14?/m1/s1. The van der Waals surface area contributed by atoms with E-state index >= 15 is 0 Å². The van der Waals surface area contributed by atoms with Crippen molar-refractivity contribution in [2.24, 2.45) is 0 Å². The molecular weight excluding hydrogens is 410 g/mol. The first-order valence-electron chi connectivity index (χ1n) is 8.56. The van der Waals surface area contributed by atoms with Gasteiger partial charge >= 0.3 is 17.4 Å². The fraction of sp³-hybridized carbons (Fsp3) is 0.294. The normalized spacial score (nSPS) is 23.0. The summed E-state index contributed by atoms with van der Waals surface area (Å²) < 4.78 is 38.6. The van der Waals surface area contributed by atoms with Crippen LogP contribution in [0.5, 0.6) is 0 Å². The molecule has 3 atom stereocenters. The average molecular weight is 424 g/mol. The monoisotopic (exact) mass is 424 g/mol. The summed E-state index contributed by atoms with van der Waals surface area (Å²) in [4.78, 5) is 41.7. The number of halogens is 2. The van der Waals surface area contributed by atoms with Crippen LogP contribution in [0.2, 0.25) is 0 Å². The van der Waals surface area contributed by atoms with Crippen LogP contribution in [0, 0.1) is 0 Å². The molecular formula is C17H14F2N4O7. The first kappa shape index (κ1) is 19.9. The zero-order valence-electron chi connectivity index (χ0n) is 14.9. The lowest BCUT2D eigenvalue weighted by molar-refractivity contribution is -0.140. The van der Waals surface area contributed by atoms with E-state index in [9.17, 15) is 28.3 Å². The largest absolute Gasteiger partial charge is 0.417 e. The van der Waals surface area contributed by atoms with Crippen molar-refractivity contribution in [2.45, 2.75) is 24.4 Å². The second kappa shape index (κ2) is 7.12. The summed E-state index contributed by atoms with van der Waals surface area (Å²) in [6.45, 7) is -0.866. The first-order chi connectivity index (χ1) is 14.2. The molecule has 30 heavy (non-hydrogen) atoms. The molecule has 1 saturated heterocycles. The number of alkyl halides is 2. The molecule has 4 rings (SSSR count). The minimum atomic E-state index is -3.85. The summed E-state index contributed by atoms with van der Waals surface area (Å²) >= 11 is 0. The number of carbonyl (C=O) groups excluding carboxylic acids is 1. The van der Waals surface area contributed by atoms with Gasteiger partial charge in [-0.1, -0.05) is 0 Å². The molecule has 3 aromatic rings. The highest BCUT2D eigenvalue weighted by atomic mass is 19.3. The molecule has 13 heteroatoms. The maximum absolute atomic E-state index is 14.2. The van der Waals surface area contributed by atoms with Crippen LogP contribution in [-0.2, 0) is 4.74 Å². The van der Waals surface area contributed by atoms with Crippen molar-refractivity contribution in [1.82, 2.24) is 14.5 Å². The number of amides is 1. The molecule has 3 heterocycles. The number of oxazole rings is 1. The topological polar surface area (TPSA) is 160 Å². The molecule has 1 amide bonds. The molecule has 0 spiro atoms. The van der Waals surface area contributed by atoms with Gasteiger partial charge in [-0.05, 0) is 24.3 Å². The van der Waals surface area contributed by atoms with E-state index in [1.807, 2.05) is 0 Å². The number of hydrogen-bond acceptors (Lipinski definition) is 8. The van der Waals surface area contributed by atoms with Gasteiger partial charge in [-0.2, -0.15) is 13.8 Å². The van der Waals surface area contributed by atoms with Crippen LogP contribution in [0.15, 0.2) is 44.5 Å². The van der Waals surface area contributed by atoms with Gasteiger partial charge in [-0.25, -0.2) is 9.59 Å². The number of hydrogen-bond donors (Lipinski definition) is 4. The first-order valence-corrected chi connectivity index (χ1v) is 8.56. The van der Waals surface area contributed by atoms with E-state index < -0.39 is 48.3 Å². The number of anilines is 1. The van der Waals surface area contributed by atoms with Crippen molar-refractivity contribution < 1.29 is 32.9 Å². The quantitative estimate of drug-likeness (QED) is 0.449. The van der Waals surface area contributed by atoms with Gasteiger partial charge in [0.1, 0.15) is 11.9 Å². The highest BCUT2D eigenvalue weighted by molar-refractivity contribution is 6.05. The zero-order valence-corrected chi connectivity index (χ0v) is 14.9. The van der Waals surface area contributed by atoms with Crippen LogP contribution in [0.4, 0.5) is 14.6 Å². The van der Waals surface area contributed by atoms with Crippen molar-refractivity contribution in [1.29, 1.82) is 0 Å². The Labute approximate surface area is 164 Å². The Balaban J connectivity index is 1.56. The fourth-order valence-corrected chi connectivity index (χ4v) is 3.05. The van der Waals surface area contributed by atoms with Gasteiger partial charge in [0, 0.05) is 11.8 Å². The molecule has 1 aliphatic rings. The Morgan fingerprint density at radius 2 is 2.10 bits per heavy atom. The van der Waals surface area contributed by atoms with Crippen LogP contribution in [0.25, 0.3) is 11.1 Å². The van der Waals surface area contributed by atoms with Crippen molar-refractivity contribution >= 4 is 22.8 Å². The molecule has 1 aromatic carbocycles. The SMILES string of the molecule is O=C(Nc1ccn(C2O[C@H](CO)[C@@H](O)C2(F)F)c(=O)n1)c1ccc2[nH]c(=O)oc2c1. The third-order valence-electron chi connectivity index (χ3n) is 4.57. The predicted octanol–water partition coefficient (Wildman–Crippen LogP) is -0.184. The second-order valence-corrected chi connectivity index (χ2v) is 6.51. The summed E-state index contributed by atoms with van der Waals surface area (Å²) in [7, 11) is 0. The number of carbonyl (C=O) groups is 1.